The summed E-state index contributed by atoms with van der Waals surface area (Å²) in [7, 11) is 0. The SMILES string of the molecule is CC1(C)C=Nc2c1ccc1ccc[c]([Lr])c21. The molecule has 88 valence electrons. The van der Waals surface area contributed by atoms with Crippen molar-refractivity contribution >= 4 is 28.7 Å². The van der Waals surface area contributed by atoms with Crippen molar-refractivity contribution < 1.29 is 0 Å². The number of rotatable bonds is 0. The molecule has 0 spiro atoms. The van der Waals surface area contributed by atoms with Gasteiger partial charge in [-0.2, -0.15) is 0 Å². The molecule has 2 heteroatoms. The van der Waals surface area contributed by atoms with Gasteiger partial charge in [0, 0.05) is 0 Å². The van der Waals surface area contributed by atoms with Gasteiger partial charge in [0.05, 0.1) is 0 Å². The van der Waals surface area contributed by atoms with Crippen LogP contribution in [0.15, 0.2) is 35.3 Å². The molecule has 0 saturated carbocycles. The van der Waals surface area contributed by atoms with Crippen LogP contribution in [0.25, 0.3) is 10.8 Å². The summed E-state index contributed by atoms with van der Waals surface area (Å²) in [6.45, 7) is 4.42. The number of benzene rings is 2. The first-order valence-corrected chi connectivity index (χ1v) is 6.38. The van der Waals surface area contributed by atoms with Crippen LogP contribution < -0.4 is 6.07 Å². The van der Waals surface area contributed by atoms with Crippen LogP contribution in [0.4, 0.5) is 5.69 Å². The molecule has 0 aliphatic carbocycles. The molecule has 0 radical (unpaired) electrons. The summed E-state index contributed by atoms with van der Waals surface area (Å²) < 4.78 is 2.59. The Morgan fingerprint density at radius 2 is 1.94 bits per heavy atom. The summed E-state index contributed by atoms with van der Waals surface area (Å²) in [6, 6.07) is 12.0. The Labute approximate surface area is 89.5 Å². The first-order chi connectivity index (χ1) is 7.59. The van der Waals surface area contributed by atoms with Crippen LogP contribution in [-0.2, 0) is 5.41 Å². The van der Waals surface area contributed by atoms with E-state index in [2.05, 4.69) is 55.4 Å². The van der Waals surface area contributed by atoms with Gasteiger partial charge in [-0.15, -0.1) is 0 Å². The summed E-state index contributed by atoms with van der Waals surface area (Å²) in [6.07, 6.45) is 2.05. The van der Waals surface area contributed by atoms with Gasteiger partial charge in [0.2, 0.25) is 0 Å². The van der Waals surface area contributed by atoms with Gasteiger partial charge in [0.25, 0.3) is 0 Å². The van der Waals surface area contributed by atoms with Crippen LogP contribution in [0.5, 0.6) is 0 Å². The summed E-state index contributed by atoms with van der Waals surface area (Å²) >= 11 is 0. The van der Waals surface area contributed by atoms with Gasteiger partial charge >= 0.3 is 88.9 Å². The Kier molecular flexibility index (Phi) is 1.34. The van der Waals surface area contributed by atoms with E-state index in [4.69, 9.17) is 0 Å². The minimum absolute atomic E-state index is 0.0690. The third-order valence-electron chi connectivity index (χ3n) is 3.13. The molecule has 0 amide bonds. The standard InChI is InChI=1S/C14H12N.Lr/c1-14(2)9-15-13-11-6-4-3-5-10(11)7-8-12(13)14;/h3-5,7-9H,1-2H3;. The molecule has 0 aromatic heterocycles. The fraction of sp³-hybridized carbons (Fsp3) is 0.214. The molecule has 16 heavy (non-hydrogen) atoms. The van der Waals surface area contributed by atoms with E-state index in [1.807, 2.05) is 0 Å². The van der Waals surface area contributed by atoms with Gasteiger partial charge in [0.1, 0.15) is 0 Å². The van der Waals surface area contributed by atoms with Crippen molar-refractivity contribution in [2.75, 3.05) is 0 Å². The zero-order valence-electron chi connectivity index (χ0n) is 9.17. The molecule has 0 unspecified atom stereocenters. The average Bonchev–Trinajstić information content (AvgIpc) is 2.55. The van der Waals surface area contributed by atoms with Gasteiger partial charge in [0.15, 0.2) is 0 Å². The second-order valence-electron chi connectivity index (χ2n) is 4.72. The van der Waals surface area contributed by atoms with Crippen molar-refractivity contribution in [1.29, 1.82) is 0 Å². The second kappa shape index (κ2) is 2.48. The topological polar surface area (TPSA) is 12.4 Å². The Balaban J connectivity index is 2.47. The molecule has 0 N–H and O–H groups in total. The van der Waals surface area contributed by atoms with Crippen LogP contribution >= 0.6 is 0 Å². The van der Waals surface area contributed by atoms with Gasteiger partial charge in [-0.1, -0.05) is 0 Å². The first kappa shape index (κ1) is 8.66. The van der Waals surface area contributed by atoms with Gasteiger partial charge in [-0.3, -0.25) is 0 Å². The van der Waals surface area contributed by atoms with E-state index < -0.39 is 0 Å². The molecule has 2 aromatic carbocycles. The molecular weight excluding hydrogens is 444 g/mol. The summed E-state index contributed by atoms with van der Waals surface area (Å²) in [4.78, 5) is 4.61. The Morgan fingerprint density at radius 3 is 2.75 bits per heavy atom. The van der Waals surface area contributed by atoms with Crippen LogP contribution in [0.2, 0.25) is 0 Å². The van der Waals surface area contributed by atoms with Gasteiger partial charge in [-0.25, -0.2) is 0 Å². The Hall–Kier alpha value is -2.63. The van der Waals surface area contributed by atoms with E-state index in [0.29, 0.717) is 0 Å². The van der Waals surface area contributed by atoms with Crippen molar-refractivity contribution in [2.45, 2.75) is 19.3 Å². The second-order valence-corrected chi connectivity index (χ2v) is 5.87. The number of fused-ring (bicyclic) bond motifs is 3. The van der Waals surface area contributed by atoms with E-state index in [1.165, 1.54) is 22.4 Å². The number of nitrogens with zero attached hydrogens (tertiary/aromatic N) is 1. The van der Waals surface area contributed by atoms with Crippen LogP contribution in [-0.4, -0.2) is 6.21 Å². The van der Waals surface area contributed by atoms with E-state index >= 15 is 0 Å². The molecule has 1 heterocycles. The summed E-state index contributed by atoms with van der Waals surface area (Å²) in [5.41, 5.74) is 2.56. The molecule has 0 saturated heterocycles. The Bertz CT molecular complexity index is 611. The molecule has 0 atom stereocenters. The van der Waals surface area contributed by atoms with Gasteiger partial charge < -0.3 is 0 Å². The van der Waals surface area contributed by atoms with E-state index in [1.54, 1.807) is 0 Å². The predicted molar refractivity (Wildman–Crippen MR) is 64.8 cm³/mol. The number of aliphatic imine (C=N–C) groups is 1. The van der Waals surface area contributed by atoms with Gasteiger partial charge in [-0.05, 0) is 0 Å². The third kappa shape index (κ3) is 0.924. The normalized spacial score (nSPS) is 16.8. The van der Waals surface area contributed by atoms with Crippen LogP contribution in [0.3, 0.4) is 0 Å². The number of hydrogen-bond donors (Lipinski definition) is 0. The van der Waals surface area contributed by atoms with Crippen molar-refractivity contribution in [3.63, 3.8) is 0 Å². The molecule has 2 aromatic rings. The fourth-order valence-electron chi connectivity index (χ4n) is 2.22. The molecule has 3 rings (SSSR count). The van der Waals surface area contributed by atoms with Crippen molar-refractivity contribution in [2.24, 2.45) is 4.99 Å². The fourth-order valence-corrected chi connectivity index (χ4v) is 2.99. The monoisotopic (exact) mass is 456 g/mol. The average molecular weight is 456 g/mol. The van der Waals surface area contributed by atoms with Crippen molar-refractivity contribution in [3.8, 4) is 0 Å². The van der Waals surface area contributed by atoms with Crippen LogP contribution in [0.1, 0.15) is 19.4 Å². The molecule has 1 aliphatic heterocycles. The molecular formula is C14H12LrN. The molecule has 0 fully saturated rings. The Morgan fingerprint density at radius 1 is 1.12 bits per heavy atom. The van der Waals surface area contributed by atoms with Crippen molar-refractivity contribution in [1.82, 2.24) is 0 Å². The molecule has 1 aliphatic rings. The number of hydrogen-bond acceptors (Lipinski definition) is 1. The minimum atomic E-state index is 0.0690. The molecule has 0 bridgehead atoms. The zero-order chi connectivity index (χ0) is 11.3. The quantitative estimate of drug-likeness (QED) is 0.579. The predicted octanol–water partition coefficient (Wildman–Crippen LogP) is 3.01. The van der Waals surface area contributed by atoms with E-state index in [0.717, 1.165) is 5.69 Å². The first-order valence-electron chi connectivity index (χ1n) is 5.30. The van der Waals surface area contributed by atoms with E-state index in [9.17, 15) is 0 Å². The maximum atomic E-state index is 4.61. The summed E-state index contributed by atoms with van der Waals surface area (Å²) in [5.74, 6) is 0. The third-order valence-corrected chi connectivity index (χ3v) is 4.02. The zero-order valence-corrected chi connectivity index (χ0v) is 11.3. The summed E-state index contributed by atoms with van der Waals surface area (Å²) in [5, 5.41) is 2.55. The van der Waals surface area contributed by atoms with E-state index in [-0.39, 0.29) is 5.41 Å². The van der Waals surface area contributed by atoms with Crippen LogP contribution in [0, 0.1) is 0 Å². The molecule has 1 nitrogen and oxygen atoms in total. The maximum absolute atomic E-state index is 4.61. The van der Waals surface area contributed by atoms with Crippen molar-refractivity contribution in [3.05, 3.63) is 35.9 Å².